The van der Waals surface area contributed by atoms with Gasteiger partial charge < -0.3 is 15.1 Å². The lowest BCUT2D eigenvalue weighted by Gasteiger charge is -2.37. The molecule has 0 amide bonds. The fourth-order valence-electron chi connectivity index (χ4n) is 4.03. The molecule has 3 aromatic rings. The smallest absolute Gasteiger partial charge is 0.478 e. The van der Waals surface area contributed by atoms with Crippen molar-refractivity contribution in [1.29, 1.82) is 0 Å². The lowest BCUT2D eigenvalue weighted by molar-refractivity contribution is -0.192. The molecule has 1 heterocycles. The van der Waals surface area contributed by atoms with Crippen LogP contribution in [-0.2, 0) is 21.4 Å². The number of nitrogens with one attached hydrogen (secondary N) is 1. The van der Waals surface area contributed by atoms with Gasteiger partial charge in [-0.2, -0.15) is 13.2 Å². The third-order valence-corrected chi connectivity index (χ3v) is 7.46. The van der Waals surface area contributed by atoms with Crippen LogP contribution in [0.2, 0.25) is 0 Å². The third kappa shape index (κ3) is 8.66. The van der Waals surface area contributed by atoms with E-state index in [0.29, 0.717) is 44.0 Å². The van der Waals surface area contributed by atoms with Gasteiger partial charge in [-0.1, -0.05) is 30.3 Å². The molecule has 14 heteroatoms. The molecule has 41 heavy (non-hydrogen) atoms. The van der Waals surface area contributed by atoms with E-state index >= 15 is 0 Å². The summed E-state index contributed by atoms with van der Waals surface area (Å²) in [5.41, 5.74) is 2.24. The minimum absolute atomic E-state index is 0.0103. The Balaban J connectivity index is 0.000000587. The van der Waals surface area contributed by atoms with Crippen LogP contribution in [0.5, 0.6) is 0 Å². The summed E-state index contributed by atoms with van der Waals surface area (Å²) in [6.45, 7) is 4.76. The molecule has 1 saturated heterocycles. The molecule has 0 bridgehead atoms. The van der Waals surface area contributed by atoms with Gasteiger partial charge in [0.25, 0.3) is 10.0 Å². The van der Waals surface area contributed by atoms with E-state index in [9.17, 15) is 35.9 Å². The molecule has 1 aliphatic rings. The Morgan fingerprint density at radius 2 is 1.56 bits per heavy atom. The van der Waals surface area contributed by atoms with Crippen molar-refractivity contribution in [3.8, 4) is 0 Å². The largest absolute Gasteiger partial charge is 0.490 e. The van der Waals surface area contributed by atoms with Crippen molar-refractivity contribution >= 4 is 33.3 Å². The van der Waals surface area contributed by atoms with Crippen LogP contribution in [0, 0.1) is 12.7 Å². The molecule has 3 aromatic carbocycles. The van der Waals surface area contributed by atoms with Crippen molar-refractivity contribution < 1.29 is 45.8 Å². The Morgan fingerprint density at radius 3 is 2.12 bits per heavy atom. The average Bonchev–Trinajstić information content (AvgIpc) is 2.90. The maximum absolute atomic E-state index is 14.0. The van der Waals surface area contributed by atoms with Gasteiger partial charge in [0.2, 0.25) is 0 Å². The standard InChI is InChI=1S/C25H26FN3O4S.C2HF3O2/c1-18-5-4-7-21(15-18)34(32,33)27-23-16-19(25(30)31)9-10-24(23)29-13-11-28(12-14-29)17-20-6-2-3-8-22(20)26;3-2(4,5)1(6)7/h2-10,15-16,27H,11-14,17H2,1H3,(H,30,31);(H,6,7). The third-order valence-electron chi connectivity index (χ3n) is 6.09. The fraction of sp³-hybridized carbons (Fsp3) is 0.259. The predicted molar refractivity (Wildman–Crippen MR) is 143 cm³/mol. The fourth-order valence-corrected chi connectivity index (χ4v) is 5.20. The van der Waals surface area contributed by atoms with Gasteiger partial charge in [0, 0.05) is 38.3 Å². The van der Waals surface area contributed by atoms with E-state index in [1.54, 1.807) is 43.3 Å². The number of anilines is 2. The number of rotatable bonds is 7. The number of hydrogen-bond acceptors (Lipinski definition) is 6. The number of halogens is 4. The lowest BCUT2D eigenvalue weighted by Crippen LogP contribution is -2.46. The molecule has 0 aromatic heterocycles. The molecule has 0 saturated carbocycles. The molecule has 220 valence electrons. The van der Waals surface area contributed by atoms with Gasteiger partial charge in [0.1, 0.15) is 5.82 Å². The van der Waals surface area contributed by atoms with Crippen LogP contribution < -0.4 is 9.62 Å². The van der Waals surface area contributed by atoms with Crippen LogP contribution in [-0.4, -0.2) is 67.8 Å². The summed E-state index contributed by atoms with van der Waals surface area (Å²) in [5.74, 6) is -4.13. The first kappa shape index (κ1) is 31.4. The first-order valence-electron chi connectivity index (χ1n) is 12.1. The summed E-state index contributed by atoms with van der Waals surface area (Å²) >= 11 is 0. The number of nitrogens with zero attached hydrogens (tertiary/aromatic N) is 2. The molecule has 9 nitrogen and oxygen atoms in total. The maximum atomic E-state index is 14.0. The van der Waals surface area contributed by atoms with Gasteiger partial charge in [-0.3, -0.25) is 9.62 Å². The normalized spacial score (nSPS) is 14.1. The van der Waals surface area contributed by atoms with Crippen molar-refractivity contribution in [3.63, 3.8) is 0 Å². The number of benzene rings is 3. The van der Waals surface area contributed by atoms with Crippen LogP contribution >= 0.6 is 0 Å². The van der Waals surface area contributed by atoms with E-state index in [-0.39, 0.29) is 22.0 Å². The summed E-state index contributed by atoms with van der Waals surface area (Å²) in [6, 6.07) is 17.6. The van der Waals surface area contributed by atoms with Crippen LogP contribution in [0.4, 0.5) is 28.9 Å². The monoisotopic (exact) mass is 597 g/mol. The zero-order chi connectivity index (χ0) is 30.4. The predicted octanol–water partition coefficient (Wildman–Crippen LogP) is 4.59. The maximum Gasteiger partial charge on any atom is 0.490 e. The molecule has 0 unspecified atom stereocenters. The van der Waals surface area contributed by atoms with Crippen LogP contribution in [0.3, 0.4) is 0 Å². The number of sulfonamides is 1. The molecule has 3 N–H and O–H groups in total. The Hall–Kier alpha value is -4.17. The van der Waals surface area contributed by atoms with Gasteiger partial charge >= 0.3 is 18.1 Å². The molecule has 0 spiro atoms. The van der Waals surface area contributed by atoms with Crippen molar-refractivity contribution in [2.45, 2.75) is 24.5 Å². The highest BCUT2D eigenvalue weighted by Crippen LogP contribution is 2.31. The number of carboxylic acids is 2. The number of carboxylic acid groups (broad SMARTS) is 2. The number of alkyl halides is 3. The summed E-state index contributed by atoms with van der Waals surface area (Å²) in [4.78, 5) is 24.7. The number of aromatic carboxylic acids is 1. The van der Waals surface area contributed by atoms with E-state index < -0.39 is 28.1 Å². The molecular weight excluding hydrogens is 570 g/mol. The Labute approximate surface area is 233 Å². The van der Waals surface area contributed by atoms with Crippen LogP contribution in [0.25, 0.3) is 0 Å². The van der Waals surface area contributed by atoms with Crippen LogP contribution in [0.1, 0.15) is 21.5 Å². The number of aryl methyl sites for hydroxylation is 1. The second-order valence-corrected chi connectivity index (χ2v) is 10.8. The van der Waals surface area contributed by atoms with Crippen molar-refractivity contribution in [1.82, 2.24) is 4.90 Å². The molecule has 0 atom stereocenters. The van der Waals surface area contributed by atoms with E-state index in [0.717, 1.165) is 5.56 Å². The minimum atomic E-state index is -5.08. The van der Waals surface area contributed by atoms with Gasteiger partial charge in [0.15, 0.2) is 0 Å². The Bertz CT molecular complexity index is 1510. The van der Waals surface area contributed by atoms with E-state index in [4.69, 9.17) is 9.90 Å². The number of aliphatic carboxylic acids is 1. The minimum Gasteiger partial charge on any atom is -0.478 e. The highest BCUT2D eigenvalue weighted by Gasteiger charge is 2.38. The van der Waals surface area contributed by atoms with Crippen molar-refractivity contribution in [3.05, 3.63) is 89.2 Å². The Kier molecular flexibility index (Phi) is 9.94. The van der Waals surface area contributed by atoms with Gasteiger partial charge in [0.05, 0.1) is 21.8 Å². The number of piperazine rings is 1. The first-order valence-corrected chi connectivity index (χ1v) is 13.6. The van der Waals surface area contributed by atoms with Crippen molar-refractivity contribution in [2.75, 3.05) is 35.8 Å². The zero-order valence-electron chi connectivity index (χ0n) is 21.7. The molecule has 0 radical (unpaired) electrons. The van der Waals surface area contributed by atoms with E-state index in [1.165, 1.54) is 24.3 Å². The number of hydrogen-bond donors (Lipinski definition) is 3. The Morgan fingerprint density at radius 1 is 0.927 bits per heavy atom. The van der Waals surface area contributed by atoms with Gasteiger partial charge in [-0.15, -0.1) is 0 Å². The van der Waals surface area contributed by atoms with E-state index in [2.05, 4.69) is 9.62 Å². The highest BCUT2D eigenvalue weighted by atomic mass is 32.2. The summed E-state index contributed by atoms with van der Waals surface area (Å²) in [6.07, 6.45) is -5.08. The molecule has 1 fully saturated rings. The van der Waals surface area contributed by atoms with Crippen LogP contribution in [0.15, 0.2) is 71.6 Å². The first-order chi connectivity index (χ1) is 19.2. The SMILES string of the molecule is Cc1cccc(S(=O)(=O)Nc2cc(C(=O)O)ccc2N2CCN(Cc3ccccc3F)CC2)c1.O=C(O)C(F)(F)F. The number of carbonyl (C=O) groups is 2. The topological polar surface area (TPSA) is 127 Å². The zero-order valence-corrected chi connectivity index (χ0v) is 22.5. The van der Waals surface area contributed by atoms with E-state index in [1.807, 2.05) is 11.0 Å². The van der Waals surface area contributed by atoms with Crippen molar-refractivity contribution in [2.24, 2.45) is 0 Å². The highest BCUT2D eigenvalue weighted by molar-refractivity contribution is 7.92. The molecule has 0 aliphatic carbocycles. The summed E-state index contributed by atoms with van der Waals surface area (Å²) in [5, 5.41) is 16.6. The lowest BCUT2D eigenvalue weighted by atomic mass is 10.1. The second kappa shape index (κ2) is 13.0. The summed E-state index contributed by atoms with van der Waals surface area (Å²) < 4.78 is 74.4. The molecule has 4 rings (SSSR count). The quantitative estimate of drug-likeness (QED) is 0.338. The molecular formula is C27H27F4N3O6S. The average molecular weight is 598 g/mol. The second-order valence-electron chi connectivity index (χ2n) is 9.12. The van der Waals surface area contributed by atoms with Gasteiger partial charge in [-0.05, 0) is 48.9 Å². The summed E-state index contributed by atoms with van der Waals surface area (Å²) in [7, 11) is -3.92. The molecule has 1 aliphatic heterocycles. The van der Waals surface area contributed by atoms with Gasteiger partial charge in [-0.25, -0.2) is 22.4 Å².